The van der Waals surface area contributed by atoms with Gasteiger partial charge < -0.3 is 15.1 Å². The van der Waals surface area contributed by atoms with E-state index < -0.39 is 11.7 Å². The fourth-order valence-electron chi connectivity index (χ4n) is 2.42. The quantitative estimate of drug-likeness (QED) is 0.860. The van der Waals surface area contributed by atoms with Crippen molar-refractivity contribution in [2.45, 2.75) is 18.9 Å². The van der Waals surface area contributed by atoms with Crippen LogP contribution >= 0.6 is 11.6 Å². The Bertz CT molecular complexity index is 580. The summed E-state index contributed by atoms with van der Waals surface area (Å²) in [4.78, 5) is 27.8. The van der Waals surface area contributed by atoms with Crippen molar-refractivity contribution in [1.29, 1.82) is 0 Å². The van der Waals surface area contributed by atoms with Crippen LogP contribution in [0, 0.1) is 5.82 Å². The summed E-state index contributed by atoms with van der Waals surface area (Å²) in [6.45, 7) is 1.30. The van der Waals surface area contributed by atoms with E-state index in [9.17, 15) is 14.0 Å². The predicted octanol–water partition coefficient (Wildman–Crippen LogP) is 1.97. The molecule has 22 heavy (non-hydrogen) atoms. The number of anilines is 1. The Balaban J connectivity index is 1.86. The van der Waals surface area contributed by atoms with Crippen LogP contribution in [0.4, 0.5) is 10.1 Å². The second-order valence-corrected chi connectivity index (χ2v) is 6.01. The van der Waals surface area contributed by atoms with E-state index in [1.165, 1.54) is 18.2 Å². The van der Waals surface area contributed by atoms with Crippen LogP contribution in [0.15, 0.2) is 18.2 Å². The van der Waals surface area contributed by atoms with Gasteiger partial charge in [0.05, 0.1) is 5.02 Å². The monoisotopic (exact) mass is 327 g/mol. The molecule has 0 radical (unpaired) electrons. The molecule has 1 heterocycles. The van der Waals surface area contributed by atoms with Crippen molar-refractivity contribution in [2.75, 3.05) is 32.5 Å². The maximum absolute atomic E-state index is 13.0. The van der Waals surface area contributed by atoms with Gasteiger partial charge in [0.2, 0.25) is 11.8 Å². The summed E-state index contributed by atoms with van der Waals surface area (Å²) in [6.07, 6.45) is 0.684. The van der Waals surface area contributed by atoms with E-state index in [1.807, 2.05) is 14.1 Å². The van der Waals surface area contributed by atoms with Crippen molar-refractivity contribution < 1.29 is 14.0 Å². The van der Waals surface area contributed by atoms with Crippen LogP contribution in [-0.2, 0) is 9.59 Å². The van der Waals surface area contributed by atoms with E-state index in [0.717, 1.165) is 6.42 Å². The molecule has 0 saturated carbocycles. The highest BCUT2D eigenvalue weighted by Gasteiger charge is 2.28. The molecule has 1 aliphatic heterocycles. The van der Waals surface area contributed by atoms with E-state index in [4.69, 9.17) is 11.6 Å². The van der Waals surface area contributed by atoms with Crippen LogP contribution in [0.25, 0.3) is 0 Å². The third-order valence-corrected chi connectivity index (χ3v) is 4.05. The number of carbonyl (C=O) groups is 2. The molecule has 1 aromatic rings. The Kier molecular flexibility index (Phi) is 5.37. The van der Waals surface area contributed by atoms with E-state index in [-0.39, 0.29) is 17.4 Å². The third-order valence-electron chi connectivity index (χ3n) is 3.76. The van der Waals surface area contributed by atoms with Crippen LogP contribution < -0.4 is 5.32 Å². The molecule has 1 aromatic carbocycles. The van der Waals surface area contributed by atoms with Crippen molar-refractivity contribution in [3.8, 4) is 0 Å². The van der Waals surface area contributed by atoms with Gasteiger partial charge in [0.1, 0.15) is 12.2 Å². The highest BCUT2D eigenvalue weighted by Crippen LogP contribution is 2.20. The number of likely N-dealkylation sites (N-methyl/N-ethyl adjacent to an activating group) is 1. The zero-order valence-electron chi connectivity index (χ0n) is 12.6. The summed E-state index contributed by atoms with van der Waals surface area (Å²) in [5.41, 5.74) is 0.372. The van der Waals surface area contributed by atoms with Crippen LogP contribution in [0.5, 0.6) is 0 Å². The molecule has 2 amide bonds. The van der Waals surface area contributed by atoms with Crippen molar-refractivity contribution in [2.24, 2.45) is 0 Å². The van der Waals surface area contributed by atoms with Crippen LogP contribution in [0.3, 0.4) is 0 Å². The first-order valence-corrected chi connectivity index (χ1v) is 7.43. The summed E-state index contributed by atoms with van der Waals surface area (Å²) in [5.74, 6) is -1.18. The van der Waals surface area contributed by atoms with Gasteiger partial charge in [-0.3, -0.25) is 9.59 Å². The van der Waals surface area contributed by atoms with Gasteiger partial charge in [-0.1, -0.05) is 11.6 Å². The predicted molar refractivity (Wildman–Crippen MR) is 83.3 cm³/mol. The third kappa shape index (κ3) is 4.18. The lowest BCUT2D eigenvalue weighted by Crippen LogP contribution is -2.36. The van der Waals surface area contributed by atoms with E-state index >= 15 is 0 Å². The number of halogens is 2. The average molecular weight is 328 g/mol. The maximum Gasteiger partial charge on any atom is 0.233 e. The van der Waals surface area contributed by atoms with Crippen molar-refractivity contribution in [3.63, 3.8) is 0 Å². The van der Waals surface area contributed by atoms with Crippen LogP contribution in [-0.4, -0.2) is 54.8 Å². The lowest BCUT2D eigenvalue weighted by Gasteiger charge is -2.20. The number of nitrogens with one attached hydrogen (secondary N) is 1. The van der Waals surface area contributed by atoms with Gasteiger partial charge in [-0.05, 0) is 38.7 Å². The molecule has 120 valence electrons. The molecule has 1 atom stereocenters. The van der Waals surface area contributed by atoms with E-state index in [2.05, 4.69) is 10.2 Å². The topological polar surface area (TPSA) is 52.7 Å². The first kappa shape index (κ1) is 16.7. The number of nitrogens with zero attached hydrogens (tertiary/aromatic N) is 2. The lowest BCUT2D eigenvalue weighted by molar-refractivity contribution is -0.133. The fraction of sp³-hybridized carbons (Fsp3) is 0.467. The average Bonchev–Trinajstić information content (AvgIpc) is 2.93. The molecule has 5 nitrogen and oxygen atoms in total. The molecular formula is C15H19ClFN3O2. The number of carbonyl (C=O) groups excluding carboxylic acids is 2. The second-order valence-electron chi connectivity index (χ2n) is 5.60. The zero-order valence-corrected chi connectivity index (χ0v) is 13.4. The molecule has 0 spiro atoms. The summed E-state index contributed by atoms with van der Waals surface area (Å²) >= 11 is 5.65. The Morgan fingerprint density at radius 1 is 1.45 bits per heavy atom. The summed E-state index contributed by atoms with van der Waals surface area (Å²) in [6, 6.07) is 4.23. The van der Waals surface area contributed by atoms with Gasteiger partial charge in [-0.2, -0.15) is 0 Å². The van der Waals surface area contributed by atoms with E-state index in [1.54, 1.807) is 4.90 Å². The minimum atomic E-state index is -0.553. The smallest absolute Gasteiger partial charge is 0.233 e. The van der Waals surface area contributed by atoms with Gasteiger partial charge >= 0.3 is 0 Å². The number of amides is 2. The molecule has 0 bridgehead atoms. The summed E-state index contributed by atoms with van der Waals surface area (Å²) in [5, 5.41) is 2.48. The highest BCUT2D eigenvalue weighted by molar-refractivity contribution is 6.31. The van der Waals surface area contributed by atoms with Crippen LogP contribution in [0.1, 0.15) is 12.8 Å². The first-order valence-electron chi connectivity index (χ1n) is 7.06. The molecule has 0 aliphatic carbocycles. The molecule has 7 heteroatoms. The van der Waals surface area contributed by atoms with Gasteiger partial charge in [-0.25, -0.2) is 4.39 Å². The molecule has 0 aromatic heterocycles. The van der Waals surface area contributed by atoms with Crippen molar-refractivity contribution >= 4 is 29.1 Å². The summed E-state index contributed by atoms with van der Waals surface area (Å²) < 4.78 is 13.0. The molecule has 1 saturated heterocycles. The highest BCUT2D eigenvalue weighted by atomic mass is 35.5. The molecule has 1 fully saturated rings. The van der Waals surface area contributed by atoms with Gasteiger partial charge in [0.15, 0.2) is 0 Å². The molecule has 1 unspecified atom stereocenters. The zero-order chi connectivity index (χ0) is 16.3. The maximum atomic E-state index is 13.0. The first-order chi connectivity index (χ1) is 10.4. The van der Waals surface area contributed by atoms with Crippen LogP contribution in [0.2, 0.25) is 5.02 Å². The summed E-state index contributed by atoms with van der Waals surface area (Å²) in [7, 11) is 3.95. The standard InChI is InChI=1S/C15H19ClFN3O2/c1-19(2)11-5-6-20(9-11)15(22)8-14(21)18-10-3-4-13(17)12(16)7-10/h3-4,7,11H,5-6,8-9H2,1-2H3,(H,18,21). The largest absolute Gasteiger partial charge is 0.341 e. The van der Waals surface area contributed by atoms with Gasteiger partial charge in [0, 0.05) is 24.8 Å². The van der Waals surface area contributed by atoms with E-state index in [0.29, 0.717) is 24.8 Å². The lowest BCUT2D eigenvalue weighted by atomic mass is 10.2. The fourth-order valence-corrected chi connectivity index (χ4v) is 2.60. The Morgan fingerprint density at radius 2 is 2.18 bits per heavy atom. The molecule has 2 rings (SSSR count). The second kappa shape index (κ2) is 7.07. The number of benzene rings is 1. The minimum absolute atomic E-state index is 0.0718. The minimum Gasteiger partial charge on any atom is -0.341 e. The molecule has 1 aliphatic rings. The Morgan fingerprint density at radius 3 is 2.77 bits per heavy atom. The SMILES string of the molecule is CN(C)C1CCN(C(=O)CC(=O)Nc2ccc(F)c(Cl)c2)C1. The molecule has 1 N–H and O–H groups in total. The Labute approximate surface area is 134 Å². The van der Waals surface area contributed by atoms with Gasteiger partial charge in [-0.15, -0.1) is 0 Å². The van der Waals surface area contributed by atoms with Gasteiger partial charge in [0.25, 0.3) is 0 Å². The number of hydrogen-bond donors (Lipinski definition) is 1. The molecular weight excluding hydrogens is 309 g/mol. The number of hydrogen-bond acceptors (Lipinski definition) is 3. The Hall–Kier alpha value is -1.66. The van der Waals surface area contributed by atoms with Crippen molar-refractivity contribution in [1.82, 2.24) is 9.80 Å². The number of likely N-dealkylation sites (tertiary alicyclic amines) is 1. The number of rotatable bonds is 4. The normalized spacial score (nSPS) is 17.9. The van der Waals surface area contributed by atoms with Crippen molar-refractivity contribution in [3.05, 3.63) is 29.0 Å².